The zero-order valence-electron chi connectivity index (χ0n) is 22.9. The highest BCUT2D eigenvalue weighted by Crippen LogP contribution is 2.37. The van der Waals surface area contributed by atoms with E-state index in [1.165, 1.54) is 0 Å². The maximum atomic E-state index is 12.4. The molecule has 0 spiro atoms. The minimum absolute atomic E-state index is 0.283. The first-order valence-corrected chi connectivity index (χ1v) is 13.6. The number of hydrogen-bond donors (Lipinski definition) is 1. The average molecular weight is 574 g/mol. The van der Waals surface area contributed by atoms with Crippen LogP contribution in [0.5, 0.6) is 11.6 Å². The molecule has 4 rings (SSSR count). The first-order valence-electron chi connectivity index (χ1n) is 12.8. The molecule has 1 aliphatic heterocycles. The predicted octanol–water partition coefficient (Wildman–Crippen LogP) is 6.92. The lowest BCUT2D eigenvalue weighted by Crippen LogP contribution is -2.54. The second-order valence-electron chi connectivity index (χ2n) is 10.8. The number of nitrogens with zero attached hydrogens (tertiary/aromatic N) is 3. The summed E-state index contributed by atoms with van der Waals surface area (Å²) in [5, 5.41) is 3.85. The Hall–Kier alpha value is -3.23. The Labute approximate surface area is 239 Å². The van der Waals surface area contributed by atoms with E-state index in [9.17, 15) is 4.79 Å². The summed E-state index contributed by atoms with van der Waals surface area (Å²) in [6.45, 7) is 9.23. The second kappa shape index (κ2) is 11.9. The highest BCUT2D eigenvalue weighted by atomic mass is 35.5. The van der Waals surface area contributed by atoms with Crippen molar-refractivity contribution in [2.75, 3.05) is 25.1 Å². The third-order valence-corrected chi connectivity index (χ3v) is 7.28. The van der Waals surface area contributed by atoms with E-state index in [1.54, 1.807) is 19.4 Å². The van der Waals surface area contributed by atoms with E-state index in [-0.39, 0.29) is 12.1 Å². The fraction of sp³-hybridized carbons (Fsp3) is 0.414. The highest BCUT2D eigenvalue weighted by Gasteiger charge is 2.34. The van der Waals surface area contributed by atoms with Gasteiger partial charge in [-0.25, -0.2) is 9.78 Å². The Morgan fingerprint density at radius 3 is 2.44 bits per heavy atom. The molecular formula is C29H34Cl2N4O4. The number of hydrogen-bond acceptors (Lipinski definition) is 7. The number of aromatic nitrogens is 2. The molecule has 1 saturated heterocycles. The molecule has 3 aromatic rings. The van der Waals surface area contributed by atoms with E-state index in [2.05, 4.69) is 10.2 Å². The third-order valence-electron chi connectivity index (χ3n) is 6.46. The molecule has 0 bridgehead atoms. The largest absolute Gasteiger partial charge is 0.497 e. The van der Waals surface area contributed by atoms with Gasteiger partial charge in [0.15, 0.2) is 5.82 Å². The Bertz CT molecular complexity index is 1300. The van der Waals surface area contributed by atoms with Gasteiger partial charge in [-0.15, -0.1) is 0 Å². The molecule has 0 unspecified atom stereocenters. The molecule has 1 aromatic heterocycles. The summed E-state index contributed by atoms with van der Waals surface area (Å²) in [4.78, 5) is 24.1. The fourth-order valence-corrected chi connectivity index (χ4v) is 4.66. The van der Waals surface area contributed by atoms with Crippen LogP contribution >= 0.6 is 23.2 Å². The molecule has 2 aromatic carbocycles. The maximum Gasteiger partial charge on any atom is 0.408 e. The van der Waals surface area contributed by atoms with E-state index in [0.29, 0.717) is 46.1 Å². The summed E-state index contributed by atoms with van der Waals surface area (Å²) in [6.07, 6.45) is 2.75. The van der Waals surface area contributed by atoms with E-state index in [4.69, 9.17) is 47.4 Å². The zero-order chi connectivity index (χ0) is 28.2. The van der Waals surface area contributed by atoms with Crippen molar-refractivity contribution < 1.29 is 19.0 Å². The first kappa shape index (κ1) is 28.8. The standard InChI is InChI=1S/C29H34Cl2N4O4/c1-28(2,3)39-27(36)34-29(4)13-15-35(16-14-29)23-17-32-25(21-7-6-8-22(30)24(21)31)26(33-23)38-18-19-9-11-20(37-5)12-10-19/h6-12,17H,13-16,18H2,1-5H3,(H,34,36). The van der Waals surface area contributed by atoms with Crippen molar-refractivity contribution in [3.05, 3.63) is 64.3 Å². The quantitative estimate of drug-likeness (QED) is 0.328. The number of carbonyl (C=O) groups excluding carboxylic acids is 1. The molecule has 0 saturated carbocycles. The van der Waals surface area contributed by atoms with E-state index in [0.717, 1.165) is 24.2 Å². The molecule has 8 nitrogen and oxygen atoms in total. The Morgan fingerprint density at radius 1 is 1.10 bits per heavy atom. The Morgan fingerprint density at radius 2 is 1.79 bits per heavy atom. The van der Waals surface area contributed by atoms with Gasteiger partial charge in [0, 0.05) is 24.2 Å². The number of alkyl carbamates (subject to hydrolysis) is 1. The molecule has 10 heteroatoms. The predicted molar refractivity (Wildman–Crippen MR) is 154 cm³/mol. The molecule has 1 amide bonds. The zero-order valence-corrected chi connectivity index (χ0v) is 24.4. The number of nitrogens with one attached hydrogen (secondary N) is 1. The summed E-state index contributed by atoms with van der Waals surface area (Å²) >= 11 is 12.8. The van der Waals surface area contributed by atoms with Crippen molar-refractivity contribution in [3.8, 4) is 22.9 Å². The number of benzene rings is 2. The Kier molecular flexibility index (Phi) is 8.76. The number of methoxy groups -OCH3 is 1. The molecule has 1 fully saturated rings. The fourth-order valence-electron chi connectivity index (χ4n) is 4.27. The second-order valence-corrected chi connectivity index (χ2v) is 11.6. The minimum atomic E-state index is -0.549. The third kappa shape index (κ3) is 7.46. The van der Waals surface area contributed by atoms with Crippen molar-refractivity contribution >= 4 is 35.1 Å². The number of anilines is 1. The lowest BCUT2D eigenvalue weighted by Gasteiger charge is -2.40. The number of rotatable bonds is 7. The lowest BCUT2D eigenvalue weighted by molar-refractivity contribution is 0.0448. The normalized spacial score (nSPS) is 15.0. The molecule has 0 atom stereocenters. The van der Waals surface area contributed by atoms with Gasteiger partial charge in [0.05, 0.1) is 23.4 Å². The van der Waals surface area contributed by atoms with Crippen LogP contribution in [0.25, 0.3) is 11.3 Å². The van der Waals surface area contributed by atoms with E-state index in [1.807, 2.05) is 64.1 Å². The van der Waals surface area contributed by atoms with Crippen LogP contribution in [-0.4, -0.2) is 47.4 Å². The molecule has 0 aliphatic carbocycles. The minimum Gasteiger partial charge on any atom is -0.497 e. The van der Waals surface area contributed by atoms with Gasteiger partial charge in [0.1, 0.15) is 23.7 Å². The van der Waals surface area contributed by atoms with E-state index >= 15 is 0 Å². The monoisotopic (exact) mass is 572 g/mol. The van der Waals surface area contributed by atoms with Crippen LogP contribution < -0.4 is 19.7 Å². The van der Waals surface area contributed by atoms with Gasteiger partial charge in [0.2, 0.25) is 5.88 Å². The smallest absolute Gasteiger partial charge is 0.408 e. The molecule has 39 heavy (non-hydrogen) atoms. The van der Waals surface area contributed by atoms with Crippen LogP contribution in [0.3, 0.4) is 0 Å². The van der Waals surface area contributed by atoms with Gasteiger partial charge in [-0.2, -0.15) is 4.98 Å². The summed E-state index contributed by atoms with van der Waals surface area (Å²) in [6, 6.07) is 13.0. The van der Waals surface area contributed by atoms with Crippen molar-refractivity contribution in [1.29, 1.82) is 0 Å². The topological polar surface area (TPSA) is 85.8 Å². The van der Waals surface area contributed by atoms with Crippen LogP contribution in [0.4, 0.5) is 10.6 Å². The van der Waals surface area contributed by atoms with Crippen LogP contribution in [-0.2, 0) is 11.3 Å². The van der Waals surface area contributed by atoms with Crippen molar-refractivity contribution in [3.63, 3.8) is 0 Å². The lowest BCUT2D eigenvalue weighted by atomic mass is 9.90. The number of halogens is 2. The maximum absolute atomic E-state index is 12.4. The number of amides is 1. The van der Waals surface area contributed by atoms with Crippen LogP contribution in [0.2, 0.25) is 10.0 Å². The Balaban J connectivity index is 1.54. The molecule has 1 aliphatic rings. The molecular weight excluding hydrogens is 539 g/mol. The SMILES string of the molecule is COc1ccc(COc2nc(N3CCC(C)(NC(=O)OC(C)(C)C)CC3)cnc2-c2cccc(Cl)c2Cl)cc1. The highest BCUT2D eigenvalue weighted by molar-refractivity contribution is 6.43. The summed E-state index contributed by atoms with van der Waals surface area (Å²) in [7, 11) is 1.63. The summed E-state index contributed by atoms with van der Waals surface area (Å²) in [5.41, 5.74) is 1.17. The first-order chi connectivity index (χ1) is 18.5. The van der Waals surface area contributed by atoms with Crippen molar-refractivity contribution in [2.24, 2.45) is 0 Å². The van der Waals surface area contributed by atoms with Crippen molar-refractivity contribution in [2.45, 2.75) is 58.3 Å². The molecule has 208 valence electrons. The van der Waals surface area contributed by atoms with Crippen molar-refractivity contribution in [1.82, 2.24) is 15.3 Å². The van der Waals surface area contributed by atoms with Crippen LogP contribution in [0, 0.1) is 0 Å². The van der Waals surface area contributed by atoms with Gasteiger partial charge in [-0.05, 0) is 64.3 Å². The van der Waals surface area contributed by atoms with Gasteiger partial charge >= 0.3 is 6.09 Å². The van der Waals surface area contributed by atoms with Gasteiger partial charge in [-0.1, -0.05) is 47.5 Å². The summed E-state index contributed by atoms with van der Waals surface area (Å²) < 4.78 is 16.9. The molecule has 0 radical (unpaired) electrons. The number of carbonyl (C=O) groups is 1. The van der Waals surface area contributed by atoms with Crippen LogP contribution in [0.15, 0.2) is 48.7 Å². The van der Waals surface area contributed by atoms with Gasteiger partial charge in [-0.3, -0.25) is 0 Å². The average Bonchev–Trinajstić information content (AvgIpc) is 2.88. The molecule has 1 N–H and O–H groups in total. The van der Waals surface area contributed by atoms with Gasteiger partial charge < -0.3 is 24.4 Å². The van der Waals surface area contributed by atoms with E-state index < -0.39 is 11.7 Å². The van der Waals surface area contributed by atoms with Crippen LogP contribution in [0.1, 0.15) is 46.1 Å². The summed E-state index contributed by atoms with van der Waals surface area (Å²) in [5.74, 6) is 1.80. The number of piperidine rings is 1. The molecule has 2 heterocycles. The van der Waals surface area contributed by atoms with Gasteiger partial charge in [0.25, 0.3) is 0 Å². The number of ether oxygens (including phenoxy) is 3.